The van der Waals surface area contributed by atoms with Crippen LogP contribution in [0.2, 0.25) is 5.02 Å². The van der Waals surface area contributed by atoms with E-state index in [2.05, 4.69) is 5.32 Å². The van der Waals surface area contributed by atoms with E-state index in [1.807, 2.05) is 12.1 Å². The molecule has 0 radical (unpaired) electrons. The molecule has 0 saturated heterocycles. The summed E-state index contributed by atoms with van der Waals surface area (Å²) in [5, 5.41) is 3.93. The van der Waals surface area contributed by atoms with E-state index < -0.39 is 5.91 Å². The summed E-state index contributed by atoms with van der Waals surface area (Å²) in [6.45, 7) is 1.58. The molecule has 1 aliphatic heterocycles. The topological polar surface area (TPSA) is 72.2 Å². The van der Waals surface area contributed by atoms with Crippen molar-refractivity contribution in [2.75, 3.05) is 6.54 Å². The molecule has 2 heterocycles. The number of primary amides is 1. The Balaban J connectivity index is 1.79. The fourth-order valence-electron chi connectivity index (χ4n) is 2.87. The number of thiophene rings is 1. The van der Waals surface area contributed by atoms with E-state index in [9.17, 15) is 9.59 Å². The molecular weight excluding hydrogens is 332 g/mol. The number of Topliss-reactive ketones (excluding diaryl/α,β-unsaturated/α-hetero) is 1. The van der Waals surface area contributed by atoms with E-state index >= 15 is 0 Å². The molecule has 3 rings (SSSR count). The summed E-state index contributed by atoms with van der Waals surface area (Å²) in [5.74, 6) is -0.361. The molecule has 1 aromatic heterocycles. The van der Waals surface area contributed by atoms with Gasteiger partial charge in [-0.25, -0.2) is 0 Å². The lowest BCUT2D eigenvalue weighted by molar-refractivity contribution is -0.117. The summed E-state index contributed by atoms with van der Waals surface area (Å²) in [4.78, 5) is 26.1. The second-order valence-corrected chi connectivity index (χ2v) is 7.24. The Kier molecular flexibility index (Phi) is 4.80. The van der Waals surface area contributed by atoms with Crippen LogP contribution in [-0.2, 0) is 30.6 Å². The van der Waals surface area contributed by atoms with Crippen molar-refractivity contribution in [3.05, 3.63) is 55.7 Å². The predicted molar refractivity (Wildman–Crippen MR) is 92.1 cm³/mol. The van der Waals surface area contributed by atoms with Crippen molar-refractivity contribution in [3.63, 3.8) is 0 Å². The van der Waals surface area contributed by atoms with Crippen molar-refractivity contribution in [1.82, 2.24) is 5.32 Å². The molecule has 3 N–H and O–H groups in total. The maximum absolute atomic E-state index is 12.4. The molecule has 4 nitrogen and oxygen atoms in total. The molecule has 6 heteroatoms. The van der Waals surface area contributed by atoms with E-state index in [0.717, 1.165) is 40.4 Å². The molecule has 120 valence electrons. The minimum Gasteiger partial charge on any atom is -0.366 e. The van der Waals surface area contributed by atoms with Gasteiger partial charge in [0.15, 0.2) is 0 Å². The molecule has 0 spiro atoms. The first-order valence-corrected chi connectivity index (χ1v) is 8.64. The lowest BCUT2D eigenvalue weighted by Crippen LogP contribution is -2.24. The van der Waals surface area contributed by atoms with Gasteiger partial charge in [-0.05, 0) is 36.2 Å². The fraction of sp³-hybridized carbons (Fsp3) is 0.294. The summed E-state index contributed by atoms with van der Waals surface area (Å²) in [5.41, 5.74) is 8.06. The summed E-state index contributed by atoms with van der Waals surface area (Å²) in [6.07, 6.45) is 1.37. The van der Waals surface area contributed by atoms with Gasteiger partial charge < -0.3 is 11.1 Å². The third kappa shape index (κ3) is 3.63. The van der Waals surface area contributed by atoms with Gasteiger partial charge in [-0.3, -0.25) is 9.59 Å². The number of benzene rings is 1. The van der Waals surface area contributed by atoms with E-state index in [4.69, 9.17) is 17.3 Å². The maximum atomic E-state index is 12.4. The van der Waals surface area contributed by atoms with Crippen LogP contribution in [0.4, 0.5) is 0 Å². The summed E-state index contributed by atoms with van der Waals surface area (Å²) >= 11 is 7.38. The number of fused-ring (bicyclic) bond motifs is 1. The monoisotopic (exact) mass is 348 g/mol. The van der Waals surface area contributed by atoms with Crippen LogP contribution in [-0.4, -0.2) is 18.2 Å². The van der Waals surface area contributed by atoms with Gasteiger partial charge in [-0.15, -0.1) is 11.3 Å². The molecule has 23 heavy (non-hydrogen) atoms. The highest BCUT2D eigenvalue weighted by atomic mass is 35.5. The number of hydrogen-bond donors (Lipinski definition) is 2. The number of carbonyl (C=O) groups excluding carboxylic acids is 2. The van der Waals surface area contributed by atoms with Crippen molar-refractivity contribution in [3.8, 4) is 0 Å². The minimum absolute atomic E-state index is 0.0707. The van der Waals surface area contributed by atoms with Crippen LogP contribution in [0.5, 0.6) is 0 Å². The van der Waals surface area contributed by atoms with Gasteiger partial charge in [0.25, 0.3) is 0 Å². The summed E-state index contributed by atoms with van der Waals surface area (Å²) in [6, 6.07) is 7.24. The van der Waals surface area contributed by atoms with Gasteiger partial charge >= 0.3 is 0 Å². The Morgan fingerprint density at radius 1 is 1.22 bits per heavy atom. The van der Waals surface area contributed by atoms with Crippen molar-refractivity contribution in [2.24, 2.45) is 5.73 Å². The van der Waals surface area contributed by atoms with Crippen LogP contribution < -0.4 is 11.1 Å². The lowest BCUT2D eigenvalue weighted by Gasteiger charge is -2.13. The molecule has 0 aliphatic carbocycles. The predicted octanol–water partition coefficient (Wildman–Crippen LogP) is 2.50. The van der Waals surface area contributed by atoms with Crippen molar-refractivity contribution >= 4 is 34.6 Å². The normalized spacial score (nSPS) is 13.6. The zero-order chi connectivity index (χ0) is 16.4. The number of ketones is 1. The number of halogens is 1. The van der Waals surface area contributed by atoms with Crippen molar-refractivity contribution in [2.45, 2.75) is 25.8 Å². The number of carbonyl (C=O) groups is 2. The van der Waals surface area contributed by atoms with Gasteiger partial charge in [-0.1, -0.05) is 23.7 Å². The Bertz CT molecular complexity index is 753. The Labute approximate surface area is 143 Å². The quantitative estimate of drug-likeness (QED) is 0.872. The maximum Gasteiger partial charge on any atom is 0.250 e. The molecule has 0 fully saturated rings. The molecule has 0 saturated carbocycles. The average Bonchev–Trinajstić information content (AvgIpc) is 2.87. The van der Waals surface area contributed by atoms with Gasteiger partial charge in [-0.2, -0.15) is 0 Å². The number of hydrogen-bond acceptors (Lipinski definition) is 4. The minimum atomic E-state index is -0.432. The summed E-state index contributed by atoms with van der Waals surface area (Å²) < 4.78 is 0. The zero-order valence-electron chi connectivity index (χ0n) is 12.5. The third-order valence-electron chi connectivity index (χ3n) is 3.92. The Hall–Kier alpha value is -1.69. The highest BCUT2D eigenvalue weighted by molar-refractivity contribution is 7.12. The van der Waals surface area contributed by atoms with Crippen LogP contribution in [0, 0.1) is 0 Å². The van der Waals surface area contributed by atoms with Gasteiger partial charge in [0.05, 0.1) is 5.56 Å². The average molecular weight is 349 g/mol. The molecular formula is C17H17ClN2O2S. The molecule has 2 aromatic rings. The molecule has 1 aromatic carbocycles. The highest BCUT2D eigenvalue weighted by Gasteiger charge is 2.24. The largest absolute Gasteiger partial charge is 0.366 e. The van der Waals surface area contributed by atoms with Crippen LogP contribution in [0.15, 0.2) is 24.3 Å². The summed E-state index contributed by atoms with van der Waals surface area (Å²) in [7, 11) is 0. The first-order chi connectivity index (χ1) is 11.0. The smallest absolute Gasteiger partial charge is 0.250 e. The second kappa shape index (κ2) is 6.83. The zero-order valence-corrected chi connectivity index (χ0v) is 14.1. The molecule has 0 unspecified atom stereocenters. The van der Waals surface area contributed by atoms with E-state index in [-0.39, 0.29) is 12.2 Å². The van der Waals surface area contributed by atoms with Crippen molar-refractivity contribution < 1.29 is 9.59 Å². The van der Waals surface area contributed by atoms with Crippen molar-refractivity contribution in [1.29, 1.82) is 0 Å². The van der Waals surface area contributed by atoms with Gasteiger partial charge in [0.1, 0.15) is 5.78 Å². The molecule has 1 aliphatic rings. The van der Waals surface area contributed by atoms with Crippen LogP contribution >= 0.6 is 22.9 Å². The number of nitrogens with one attached hydrogen (secondary N) is 1. The van der Waals surface area contributed by atoms with Gasteiger partial charge in [0.2, 0.25) is 5.91 Å². The third-order valence-corrected chi connectivity index (χ3v) is 5.40. The molecule has 0 bridgehead atoms. The highest BCUT2D eigenvalue weighted by Crippen LogP contribution is 2.31. The fourth-order valence-corrected chi connectivity index (χ4v) is 4.36. The first kappa shape index (κ1) is 16.2. The molecule has 0 atom stereocenters. The Morgan fingerprint density at radius 3 is 2.65 bits per heavy atom. The van der Waals surface area contributed by atoms with E-state index in [1.54, 1.807) is 12.1 Å². The van der Waals surface area contributed by atoms with Crippen LogP contribution in [0.1, 0.15) is 31.2 Å². The number of nitrogens with two attached hydrogens (primary N) is 1. The molecule has 1 amide bonds. The number of rotatable bonds is 5. The number of amides is 1. The van der Waals surface area contributed by atoms with E-state index in [0.29, 0.717) is 17.0 Å². The first-order valence-electron chi connectivity index (χ1n) is 7.44. The lowest BCUT2D eigenvalue weighted by atomic mass is 9.99. The standard InChI is InChI=1S/C17H17ClN2O2S/c18-11-3-1-10(2-4-11)7-12(21)8-14-16(17(19)22)13-5-6-20-9-15(13)23-14/h1-4,20H,5-9H2,(H2,19,22). The second-order valence-electron chi connectivity index (χ2n) is 5.61. The Morgan fingerprint density at radius 2 is 1.96 bits per heavy atom. The van der Waals surface area contributed by atoms with Gasteiger partial charge in [0, 0.05) is 34.2 Å². The SMILES string of the molecule is NC(=O)c1c(CC(=O)Cc2ccc(Cl)cc2)sc2c1CCNC2. The van der Waals surface area contributed by atoms with Crippen LogP contribution in [0.3, 0.4) is 0 Å². The van der Waals surface area contributed by atoms with E-state index in [1.165, 1.54) is 11.3 Å². The van der Waals surface area contributed by atoms with Crippen LogP contribution in [0.25, 0.3) is 0 Å².